The monoisotopic (exact) mass is 547 g/mol. The summed E-state index contributed by atoms with van der Waals surface area (Å²) in [7, 11) is 0. The van der Waals surface area contributed by atoms with Crippen LogP contribution in [0.4, 0.5) is 32.0 Å². The van der Waals surface area contributed by atoms with Gasteiger partial charge in [-0.25, -0.2) is 0 Å². The second kappa shape index (κ2) is 9.62. The Bertz CT molecular complexity index is 1340. The van der Waals surface area contributed by atoms with Gasteiger partial charge in [-0.3, -0.25) is 9.59 Å². The molecular weight excluding hydrogens is 524 g/mol. The standard InChI is InChI=1S/C28H23F6N3O2/c29-27(30,31)20-15-19(16-21(17-20)28(32,33)34)24(38)36-13-11-26(12-14-36)25(39)35-23(18-7-3-1-4-8-18)37(26)22-9-5-2-6-10-22/h1-10,15-17,23H,11-14H2,(H,35,39). The summed E-state index contributed by atoms with van der Waals surface area (Å²) in [6, 6.07) is 19.4. The minimum atomic E-state index is -5.06. The van der Waals surface area contributed by atoms with Crippen molar-refractivity contribution in [3.63, 3.8) is 0 Å². The number of alkyl halides is 6. The minimum absolute atomic E-state index is 0.00764. The largest absolute Gasteiger partial charge is 0.416 e. The molecule has 0 radical (unpaired) electrons. The molecule has 0 aromatic heterocycles. The molecule has 2 aliphatic rings. The van der Waals surface area contributed by atoms with Crippen LogP contribution in [0, 0.1) is 0 Å². The highest BCUT2D eigenvalue weighted by atomic mass is 19.4. The molecule has 11 heteroatoms. The molecule has 2 fully saturated rings. The molecule has 1 spiro atoms. The van der Waals surface area contributed by atoms with Crippen LogP contribution in [0.25, 0.3) is 0 Å². The molecule has 0 aliphatic carbocycles. The topological polar surface area (TPSA) is 52.7 Å². The summed E-state index contributed by atoms with van der Waals surface area (Å²) in [5.74, 6) is -1.21. The predicted octanol–water partition coefficient (Wildman–Crippen LogP) is 6.03. The zero-order valence-electron chi connectivity index (χ0n) is 20.4. The number of piperidine rings is 1. The van der Waals surface area contributed by atoms with E-state index in [1.165, 1.54) is 4.90 Å². The lowest BCUT2D eigenvalue weighted by Crippen LogP contribution is -2.57. The van der Waals surface area contributed by atoms with Crippen molar-refractivity contribution in [2.45, 2.75) is 36.9 Å². The van der Waals surface area contributed by atoms with Crippen molar-refractivity contribution in [1.82, 2.24) is 10.2 Å². The van der Waals surface area contributed by atoms with Crippen molar-refractivity contribution in [1.29, 1.82) is 0 Å². The average Bonchev–Trinajstić information content (AvgIpc) is 3.19. The molecule has 5 rings (SSSR count). The van der Waals surface area contributed by atoms with E-state index in [-0.39, 0.29) is 37.9 Å². The SMILES string of the molecule is O=C(c1cc(C(F)(F)F)cc(C(F)(F)F)c1)N1CCC2(CC1)C(=O)NC(c1ccccc1)N2c1ccccc1. The number of para-hydroxylation sites is 1. The van der Waals surface area contributed by atoms with Gasteiger partial charge in [0, 0.05) is 24.3 Å². The fourth-order valence-corrected chi connectivity index (χ4v) is 5.34. The molecule has 204 valence electrons. The molecule has 3 aromatic rings. The highest BCUT2D eigenvalue weighted by Crippen LogP contribution is 2.44. The van der Waals surface area contributed by atoms with Gasteiger partial charge in [0.2, 0.25) is 5.91 Å². The van der Waals surface area contributed by atoms with E-state index in [0.29, 0.717) is 12.1 Å². The van der Waals surface area contributed by atoms with Crippen LogP contribution in [0.5, 0.6) is 0 Å². The number of hydrogen-bond donors (Lipinski definition) is 1. The van der Waals surface area contributed by atoms with E-state index in [4.69, 9.17) is 0 Å². The Labute approximate surface area is 220 Å². The van der Waals surface area contributed by atoms with Gasteiger partial charge < -0.3 is 15.1 Å². The first-order valence-corrected chi connectivity index (χ1v) is 12.2. The summed E-state index contributed by atoms with van der Waals surface area (Å²) in [5.41, 5.74) is -3.27. The molecule has 2 amide bonds. The Morgan fingerprint density at radius 3 is 1.82 bits per heavy atom. The lowest BCUT2D eigenvalue weighted by atomic mass is 9.85. The third kappa shape index (κ3) is 4.93. The average molecular weight is 547 g/mol. The van der Waals surface area contributed by atoms with Crippen molar-refractivity contribution < 1.29 is 35.9 Å². The number of halogens is 6. The van der Waals surface area contributed by atoms with Crippen LogP contribution >= 0.6 is 0 Å². The number of nitrogens with one attached hydrogen (secondary N) is 1. The van der Waals surface area contributed by atoms with Gasteiger partial charge in [0.25, 0.3) is 5.91 Å². The Kier molecular flexibility index (Phi) is 6.56. The number of nitrogens with zero attached hydrogens (tertiary/aromatic N) is 2. The summed E-state index contributed by atoms with van der Waals surface area (Å²) in [6.45, 7) is -0.0661. The molecule has 0 saturated carbocycles. The summed E-state index contributed by atoms with van der Waals surface area (Å²) in [6.07, 6.45) is -10.4. The highest BCUT2D eigenvalue weighted by Gasteiger charge is 2.55. The van der Waals surface area contributed by atoms with Gasteiger partial charge in [-0.05, 0) is 48.7 Å². The predicted molar refractivity (Wildman–Crippen MR) is 131 cm³/mol. The smallest absolute Gasteiger partial charge is 0.338 e. The van der Waals surface area contributed by atoms with Gasteiger partial charge in [-0.15, -0.1) is 0 Å². The number of carbonyl (C=O) groups excluding carboxylic acids is 2. The van der Waals surface area contributed by atoms with Crippen molar-refractivity contribution in [2.24, 2.45) is 0 Å². The van der Waals surface area contributed by atoms with E-state index in [2.05, 4.69) is 5.32 Å². The van der Waals surface area contributed by atoms with Gasteiger partial charge in [-0.1, -0.05) is 48.5 Å². The van der Waals surface area contributed by atoms with Crippen LogP contribution in [0.2, 0.25) is 0 Å². The number of likely N-dealkylation sites (tertiary alicyclic amines) is 1. The number of anilines is 1. The first-order valence-electron chi connectivity index (χ1n) is 12.2. The van der Waals surface area contributed by atoms with Gasteiger partial charge in [0.15, 0.2) is 0 Å². The minimum Gasteiger partial charge on any atom is -0.338 e. The third-order valence-electron chi connectivity index (χ3n) is 7.27. The molecule has 39 heavy (non-hydrogen) atoms. The maximum absolute atomic E-state index is 13.5. The zero-order chi connectivity index (χ0) is 28.0. The fraction of sp³-hybridized carbons (Fsp3) is 0.286. The molecule has 2 aliphatic heterocycles. The van der Waals surface area contributed by atoms with E-state index in [1.807, 2.05) is 65.6 Å². The lowest BCUT2D eigenvalue weighted by Gasteiger charge is -2.45. The number of carbonyl (C=O) groups is 2. The lowest BCUT2D eigenvalue weighted by molar-refractivity contribution is -0.143. The van der Waals surface area contributed by atoms with E-state index >= 15 is 0 Å². The maximum Gasteiger partial charge on any atom is 0.416 e. The molecule has 2 heterocycles. The van der Waals surface area contributed by atoms with Crippen molar-refractivity contribution in [3.8, 4) is 0 Å². The maximum atomic E-state index is 13.5. The normalized spacial score (nSPS) is 19.3. The molecule has 5 nitrogen and oxygen atoms in total. The molecule has 2 saturated heterocycles. The number of rotatable bonds is 3. The Morgan fingerprint density at radius 1 is 0.795 bits per heavy atom. The van der Waals surface area contributed by atoms with Gasteiger partial charge in [-0.2, -0.15) is 26.3 Å². The molecule has 1 unspecified atom stereocenters. The van der Waals surface area contributed by atoms with Gasteiger partial charge in [0.05, 0.1) is 11.1 Å². The first kappa shape index (κ1) is 26.6. The fourth-order valence-electron chi connectivity index (χ4n) is 5.34. The number of hydrogen-bond acceptors (Lipinski definition) is 3. The Balaban J connectivity index is 1.45. The highest BCUT2D eigenvalue weighted by molar-refractivity contribution is 5.97. The van der Waals surface area contributed by atoms with Crippen molar-refractivity contribution in [2.75, 3.05) is 18.0 Å². The van der Waals surface area contributed by atoms with E-state index in [9.17, 15) is 35.9 Å². The third-order valence-corrected chi connectivity index (χ3v) is 7.27. The quantitative estimate of drug-likeness (QED) is 0.408. The van der Waals surface area contributed by atoms with E-state index < -0.39 is 46.7 Å². The Morgan fingerprint density at radius 2 is 1.31 bits per heavy atom. The molecule has 1 N–H and O–H groups in total. The molecule has 1 atom stereocenters. The number of benzene rings is 3. The Hall–Kier alpha value is -4.02. The molecule has 3 aromatic carbocycles. The summed E-state index contributed by atoms with van der Waals surface area (Å²) in [4.78, 5) is 29.8. The van der Waals surface area contributed by atoms with Crippen LogP contribution in [-0.2, 0) is 17.1 Å². The van der Waals surface area contributed by atoms with Crippen LogP contribution in [0.3, 0.4) is 0 Å². The number of amides is 2. The van der Waals surface area contributed by atoms with Crippen molar-refractivity contribution in [3.05, 3.63) is 101 Å². The van der Waals surface area contributed by atoms with Crippen LogP contribution in [0.15, 0.2) is 78.9 Å². The van der Waals surface area contributed by atoms with E-state index in [1.54, 1.807) is 0 Å². The van der Waals surface area contributed by atoms with Crippen LogP contribution in [-0.4, -0.2) is 35.3 Å². The van der Waals surface area contributed by atoms with E-state index in [0.717, 1.165) is 11.3 Å². The second-order valence-electron chi connectivity index (χ2n) is 9.61. The summed E-state index contributed by atoms with van der Waals surface area (Å²) in [5, 5.41) is 3.04. The summed E-state index contributed by atoms with van der Waals surface area (Å²) < 4.78 is 79.9. The molecular formula is C28H23F6N3O2. The van der Waals surface area contributed by atoms with Gasteiger partial charge >= 0.3 is 12.4 Å². The van der Waals surface area contributed by atoms with Crippen LogP contribution in [0.1, 0.15) is 46.1 Å². The zero-order valence-corrected chi connectivity index (χ0v) is 20.4. The first-order chi connectivity index (χ1) is 18.4. The van der Waals surface area contributed by atoms with Crippen molar-refractivity contribution >= 4 is 17.5 Å². The molecule has 0 bridgehead atoms. The van der Waals surface area contributed by atoms with Crippen LogP contribution < -0.4 is 10.2 Å². The van der Waals surface area contributed by atoms with Gasteiger partial charge in [0.1, 0.15) is 11.7 Å². The second-order valence-corrected chi connectivity index (χ2v) is 9.61. The summed E-state index contributed by atoms with van der Waals surface area (Å²) >= 11 is 0.